The summed E-state index contributed by atoms with van der Waals surface area (Å²) in [4.78, 5) is 11.9. The molecule has 0 bridgehead atoms. The molecule has 0 aromatic rings. The maximum absolute atomic E-state index is 11.9. The highest BCUT2D eigenvalue weighted by Gasteiger charge is 2.53. The molecule has 1 amide bonds. The van der Waals surface area contributed by atoms with Gasteiger partial charge in [0, 0.05) is 25.7 Å². The Morgan fingerprint density at radius 3 is 2.80 bits per heavy atom. The van der Waals surface area contributed by atoms with E-state index >= 15 is 0 Å². The molecule has 3 aliphatic rings. The van der Waals surface area contributed by atoms with Crippen molar-refractivity contribution in [3.05, 3.63) is 0 Å². The molecule has 2 saturated heterocycles. The van der Waals surface area contributed by atoms with Crippen LogP contribution < -0.4 is 10.6 Å². The first-order valence-corrected chi connectivity index (χ1v) is 5.95. The van der Waals surface area contributed by atoms with E-state index in [1.807, 2.05) is 0 Å². The van der Waals surface area contributed by atoms with Gasteiger partial charge in [-0.25, -0.2) is 0 Å². The van der Waals surface area contributed by atoms with Crippen molar-refractivity contribution in [2.45, 2.75) is 18.9 Å². The number of piperidine rings is 1. The van der Waals surface area contributed by atoms with E-state index in [0.29, 0.717) is 24.5 Å². The summed E-state index contributed by atoms with van der Waals surface area (Å²) >= 11 is 0. The summed E-state index contributed by atoms with van der Waals surface area (Å²) < 4.78 is 5.33. The lowest BCUT2D eigenvalue weighted by Crippen LogP contribution is -2.39. The molecule has 0 radical (unpaired) electrons. The van der Waals surface area contributed by atoms with Gasteiger partial charge in [-0.1, -0.05) is 0 Å². The van der Waals surface area contributed by atoms with Crippen molar-refractivity contribution in [1.29, 1.82) is 0 Å². The number of ether oxygens (including phenoxy) is 1. The standard InChI is InChI=1S/C11H18N2O2/c14-11(7-2-1-3-15-6-7)13-10-8-4-12-5-9(8)10/h7-10,12H,1-6H2,(H,13,14). The molecule has 4 heteroatoms. The minimum Gasteiger partial charge on any atom is -0.381 e. The van der Waals surface area contributed by atoms with E-state index in [0.717, 1.165) is 32.5 Å². The number of amides is 1. The van der Waals surface area contributed by atoms with Gasteiger partial charge in [0.25, 0.3) is 0 Å². The molecule has 0 aromatic heterocycles. The summed E-state index contributed by atoms with van der Waals surface area (Å²) in [6.45, 7) is 3.60. The molecule has 15 heavy (non-hydrogen) atoms. The summed E-state index contributed by atoms with van der Waals surface area (Å²) in [5.41, 5.74) is 0. The first-order valence-electron chi connectivity index (χ1n) is 5.95. The predicted octanol–water partition coefficient (Wildman–Crippen LogP) is -0.253. The van der Waals surface area contributed by atoms with Crippen molar-refractivity contribution in [3.63, 3.8) is 0 Å². The molecule has 0 aromatic carbocycles. The van der Waals surface area contributed by atoms with Gasteiger partial charge in [0.15, 0.2) is 0 Å². The lowest BCUT2D eigenvalue weighted by atomic mass is 10.0. The van der Waals surface area contributed by atoms with E-state index in [4.69, 9.17) is 4.74 Å². The zero-order valence-electron chi connectivity index (χ0n) is 8.87. The van der Waals surface area contributed by atoms with E-state index < -0.39 is 0 Å². The maximum Gasteiger partial charge on any atom is 0.225 e. The second-order valence-electron chi connectivity index (χ2n) is 4.93. The van der Waals surface area contributed by atoms with Crippen molar-refractivity contribution in [2.24, 2.45) is 17.8 Å². The normalized spacial score (nSPS) is 43.5. The first-order chi connectivity index (χ1) is 7.36. The predicted molar refractivity (Wildman–Crippen MR) is 55.3 cm³/mol. The van der Waals surface area contributed by atoms with E-state index in [1.54, 1.807) is 0 Å². The van der Waals surface area contributed by atoms with Crippen LogP contribution in [-0.4, -0.2) is 38.3 Å². The topological polar surface area (TPSA) is 50.4 Å². The summed E-state index contributed by atoms with van der Waals surface area (Å²) in [6.07, 6.45) is 2.02. The number of carbonyl (C=O) groups excluding carboxylic acids is 1. The third-order valence-electron chi connectivity index (χ3n) is 3.93. The van der Waals surface area contributed by atoms with E-state index in [2.05, 4.69) is 10.6 Å². The zero-order valence-corrected chi connectivity index (χ0v) is 8.87. The van der Waals surface area contributed by atoms with E-state index in [1.165, 1.54) is 0 Å². The molecule has 3 rings (SSSR count). The van der Waals surface area contributed by atoms with Crippen LogP contribution in [0.15, 0.2) is 0 Å². The highest BCUT2D eigenvalue weighted by Crippen LogP contribution is 2.41. The first kappa shape index (κ1) is 9.60. The van der Waals surface area contributed by atoms with Crippen LogP contribution in [0.25, 0.3) is 0 Å². The number of nitrogens with one attached hydrogen (secondary N) is 2. The van der Waals surface area contributed by atoms with Crippen LogP contribution in [-0.2, 0) is 9.53 Å². The fraction of sp³-hybridized carbons (Fsp3) is 0.909. The fourth-order valence-electron chi connectivity index (χ4n) is 2.86. The molecule has 0 spiro atoms. The van der Waals surface area contributed by atoms with Gasteiger partial charge in [-0.3, -0.25) is 4.79 Å². The summed E-state index contributed by atoms with van der Waals surface area (Å²) in [7, 11) is 0. The van der Waals surface area contributed by atoms with Crippen LogP contribution in [0.4, 0.5) is 0 Å². The molecule has 1 saturated carbocycles. The Balaban J connectivity index is 1.49. The van der Waals surface area contributed by atoms with Crippen molar-refractivity contribution in [2.75, 3.05) is 26.3 Å². The average molecular weight is 210 g/mol. The summed E-state index contributed by atoms with van der Waals surface area (Å²) in [5, 5.41) is 6.50. The van der Waals surface area contributed by atoms with Gasteiger partial charge in [0.1, 0.15) is 0 Å². The van der Waals surface area contributed by atoms with Crippen molar-refractivity contribution in [3.8, 4) is 0 Å². The molecular formula is C11H18N2O2. The van der Waals surface area contributed by atoms with Gasteiger partial charge >= 0.3 is 0 Å². The average Bonchev–Trinajstić information content (AvgIpc) is 2.75. The molecule has 2 aliphatic heterocycles. The Morgan fingerprint density at radius 2 is 2.13 bits per heavy atom. The van der Waals surface area contributed by atoms with Crippen LogP contribution in [0.3, 0.4) is 0 Å². The summed E-state index contributed by atoms with van der Waals surface area (Å²) in [5.74, 6) is 1.74. The van der Waals surface area contributed by atoms with Gasteiger partial charge in [-0.2, -0.15) is 0 Å². The van der Waals surface area contributed by atoms with Crippen LogP contribution in [0, 0.1) is 17.8 Å². The Bertz CT molecular complexity index is 253. The second kappa shape index (κ2) is 3.76. The van der Waals surface area contributed by atoms with Gasteiger partial charge in [-0.05, 0) is 24.7 Å². The van der Waals surface area contributed by atoms with Crippen LogP contribution >= 0.6 is 0 Å². The Labute approximate surface area is 89.7 Å². The molecule has 4 nitrogen and oxygen atoms in total. The Hall–Kier alpha value is -0.610. The molecule has 84 valence electrons. The number of hydrogen-bond donors (Lipinski definition) is 2. The van der Waals surface area contributed by atoms with Crippen LogP contribution in [0.5, 0.6) is 0 Å². The third-order valence-corrected chi connectivity index (χ3v) is 3.93. The van der Waals surface area contributed by atoms with E-state index in [9.17, 15) is 4.79 Å². The number of carbonyl (C=O) groups is 1. The van der Waals surface area contributed by atoms with Crippen molar-refractivity contribution in [1.82, 2.24) is 10.6 Å². The Kier molecular flexibility index (Phi) is 2.41. The lowest BCUT2D eigenvalue weighted by Gasteiger charge is -2.21. The molecule has 3 fully saturated rings. The van der Waals surface area contributed by atoms with E-state index in [-0.39, 0.29) is 11.8 Å². The highest BCUT2D eigenvalue weighted by molar-refractivity contribution is 5.79. The molecule has 2 N–H and O–H groups in total. The van der Waals surface area contributed by atoms with Gasteiger partial charge in [0.2, 0.25) is 5.91 Å². The largest absolute Gasteiger partial charge is 0.381 e. The Morgan fingerprint density at radius 1 is 1.33 bits per heavy atom. The highest BCUT2D eigenvalue weighted by atomic mass is 16.5. The van der Waals surface area contributed by atoms with Gasteiger partial charge in [-0.15, -0.1) is 0 Å². The second-order valence-corrected chi connectivity index (χ2v) is 4.93. The molecule has 3 unspecified atom stereocenters. The fourth-order valence-corrected chi connectivity index (χ4v) is 2.86. The number of hydrogen-bond acceptors (Lipinski definition) is 3. The van der Waals surface area contributed by atoms with Gasteiger partial charge < -0.3 is 15.4 Å². The maximum atomic E-state index is 11.9. The SMILES string of the molecule is O=C(NC1C2CNCC21)C1CCCOC1. The van der Waals surface area contributed by atoms with Crippen molar-refractivity contribution < 1.29 is 9.53 Å². The van der Waals surface area contributed by atoms with Gasteiger partial charge in [0.05, 0.1) is 12.5 Å². The third kappa shape index (κ3) is 1.76. The number of fused-ring (bicyclic) bond motifs is 1. The smallest absolute Gasteiger partial charge is 0.225 e. The monoisotopic (exact) mass is 210 g/mol. The number of rotatable bonds is 2. The minimum absolute atomic E-state index is 0.105. The van der Waals surface area contributed by atoms with Crippen LogP contribution in [0.2, 0.25) is 0 Å². The quantitative estimate of drug-likeness (QED) is 0.660. The zero-order chi connectivity index (χ0) is 10.3. The molecule has 1 aliphatic carbocycles. The summed E-state index contributed by atoms with van der Waals surface area (Å²) in [6, 6.07) is 0.459. The molecule has 3 atom stereocenters. The minimum atomic E-state index is 0.105. The van der Waals surface area contributed by atoms with Crippen LogP contribution in [0.1, 0.15) is 12.8 Å². The molecule has 2 heterocycles. The lowest BCUT2D eigenvalue weighted by molar-refractivity contribution is -0.129. The molecular weight excluding hydrogens is 192 g/mol. The van der Waals surface area contributed by atoms with Crippen molar-refractivity contribution >= 4 is 5.91 Å².